The zero-order chi connectivity index (χ0) is 14.1. The summed E-state index contributed by atoms with van der Waals surface area (Å²) in [4.78, 5) is 0. The van der Waals surface area contributed by atoms with E-state index in [1.54, 1.807) is 24.3 Å². The van der Waals surface area contributed by atoms with E-state index in [0.29, 0.717) is 12.8 Å². The van der Waals surface area contributed by atoms with Gasteiger partial charge in [0, 0.05) is 6.42 Å². The van der Waals surface area contributed by atoms with Crippen LogP contribution in [0.2, 0.25) is 0 Å². The minimum atomic E-state index is -0.726. The van der Waals surface area contributed by atoms with Gasteiger partial charge in [-0.25, -0.2) is 0 Å². The summed E-state index contributed by atoms with van der Waals surface area (Å²) in [5.74, 6) is 0.217. The van der Waals surface area contributed by atoms with Crippen LogP contribution in [0.5, 0.6) is 5.75 Å². The van der Waals surface area contributed by atoms with E-state index < -0.39 is 12.2 Å². The van der Waals surface area contributed by atoms with Crippen molar-refractivity contribution in [3.05, 3.63) is 29.8 Å². The van der Waals surface area contributed by atoms with Crippen molar-refractivity contribution in [3.63, 3.8) is 0 Å². The van der Waals surface area contributed by atoms with Gasteiger partial charge in [0.25, 0.3) is 0 Å². The predicted octanol–water partition coefficient (Wildman–Crippen LogP) is 3.02. The molecule has 2 atom stereocenters. The summed E-state index contributed by atoms with van der Waals surface area (Å²) in [6.45, 7) is 2.18. The first-order valence-corrected chi connectivity index (χ1v) is 7.27. The van der Waals surface area contributed by atoms with Gasteiger partial charge in [-0.3, -0.25) is 0 Å². The molecule has 0 amide bonds. The molecule has 0 fully saturated rings. The molecule has 1 aromatic carbocycles. The lowest BCUT2D eigenvalue weighted by Gasteiger charge is -2.17. The van der Waals surface area contributed by atoms with Crippen LogP contribution in [0.1, 0.15) is 51.0 Å². The number of aliphatic hydroxyl groups is 2. The van der Waals surface area contributed by atoms with Crippen molar-refractivity contribution < 1.29 is 15.3 Å². The van der Waals surface area contributed by atoms with Crippen molar-refractivity contribution in [1.29, 1.82) is 0 Å². The van der Waals surface area contributed by atoms with Crippen molar-refractivity contribution in [3.8, 4) is 5.75 Å². The molecule has 108 valence electrons. The first kappa shape index (κ1) is 16.0. The molecule has 0 aliphatic heterocycles. The molecule has 0 radical (unpaired) electrons. The summed E-state index contributed by atoms with van der Waals surface area (Å²) in [7, 11) is 0. The number of rotatable bonds is 9. The van der Waals surface area contributed by atoms with E-state index in [2.05, 4.69) is 6.92 Å². The molecule has 19 heavy (non-hydrogen) atoms. The standard InChI is InChI=1S/C16H26O3/c1-2-3-4-5-6-7-15(18)16(19)12-13-8-10-14(17)11-9-13/h8-11,15-19H,2-7,12H2,1H3. The van der Waals surface area contributed by atoms with Crippen molar-refractivity contribution in [1.82, 2.24) is 0 Å². The van der Waals surface area contributed by atoms with Crippen LogP contribution in [0, 0.1) is 0 Å². The predicted molar refractivity (Wildman–Crippen MR) is 77.2 cm³/mol. The lowest BCUT2D eigenvalue weighted by atomic mass is 9.99. The minimum absolute atomic E-state index is 0.217. The highest BCUT2D eigenvalue weighted by molar-refractivity contribution is 5.26. The quantitative estimate of drug-likeness (QED) is 0.602. The van der Waals surface area contributed by atoms with Crippen LogP contribution >= 0.6 is 0 Å². The van der Waals surface area contributed by atoms with Gasteiger partial charge in [0.05, 0.1) is 12.2 Å². The summed E-state index contributed by atoms with van der Waals surface area (Å²) in [5.41, 5.74) is 0.926. The molecule has 0 saturated heterocycles. The fourth-order valence-electron chi connectivity index (χ4n) is 2.16. The van der Waals surface area contributed by atoms with Crippen LogP contribution in [0.3, 0.4) is 0 Å². The van der Waals surface area contributed by atoms with Crippen molar-refractivity contribution >= 4 is 0 Å². The smallest absolute Gasteiger partial charge is 0.115 e. The van der Waals surface area contributed by atoms with E-state index in [0.717, 1.165) is 18.4 Å². The van der Waals surface area contributed by atoms with Crippen LogP contribution in [0.15, 0.2) is 24.3 Å². The summed E-state index contributed by atoms with van der Waals surface area (Å²) in [6, 6.07) is 6.73. The second kappa shape index (κ2) is 8.94. The molecule has 0 heterocycles. The largest absolute Gasteiger partial charge is 0.508 e. The van der Waals surface area contributed by atoms with Gasteiger partial charge in [0.1, 0.15) is 5.75 Å². The second-order valence-corrected chi connectivity index (χ2v) is 5.21. The SMILES string of the molecule is CCCCCCCC(O)C(O)Cc1ccc(O)cc1. The molecule has 0 aliphatic rings. The number of hydrogen-bond acceptors (Lipinski definition) is 3. The normalized spacial score (nSPS) is 14.3. The molecule has 3 heteroatoms. The number of benzene rings is 1. The lowest BCUT2D eigenvalue weighted by Crippen LogP contribution is -2.27. The maximum atomic E-state index is 9.93. The minimum Gasteiger partial charge on any atom is -0.508 e. The van der Waals surface area contributed by atoms with Crippen LogP contribution in [-0.4, -0.2) is 27.5 Å². The Labute approximate surface area is 115 Å². The molecule has 0 bridgehead atoms. The topological polar surface area (TPSA) is 60.7 Å². The maximum Gasteiger partial charge on any atom is 0.115 e. The van der Waals surface area contributed by atoms with E-state index >= 15 is 0 Å². The zero-order valence-corrected chi connectivity index (χ0v) is 11.8. The Balaban J connectivity index is 2.24. The number of hydrogen-bond donors (Lipinski definition) is 3. The lowest BCUT2D eigenvalue weighted by molar-refractivity contribution is 0.0137. The molecule has 1 rings (SSSR count). The Morgan fingerprint density at radius 2 is 1.53 bits per heavy atom. The third-order valence-corrected chi connectivity index (χ3v) is 3.43. The van der Waals surface area contributed by atoms with Gasteiger partial charge in [-0.1, -0.05) is 51.2 Å². The number of aliphatic hydroxyl groups excluding tert-OH is 2. The van der Waals surface area contributed by atoms with Gasteiger partial charge in [0.15, 0.2) is 0 Å². The highest BCUT2D eigenvalue weighted by Crippen LogP contribution is 2.15. The van der Waals surface area contributed by atoms with E-state index in [9.17, 15) is 15.3 Å². The third-order valence-electron chi connectivity index (χ3n) is 3.43. The number of phenols is 1. The highest BCUT2D eigenvalue weighted by Gasteiger charge is 2.16. The average Bonchev–Trinajstić information content (AvgIpc) is 2.41. The Morgan fingerprint density at radius 1 is 0.895 bits per heavy atom. The monoisotopic (exact) mass is 266 g/mol. The van der Waals surface area contributed by atoms with Crippen molar-refractivity contribution in [2.75, 3.05) is 0 Å². The van der Waals surface area contributed by atoms with Crippen LogP contribution in [0.25, 0.3) is 0 Å². The highest BCUT2D eigenvalue weighted by atomic mass is 16.3. The first-order valence-electron chi connectivity index (χ1n) is 7.27. The molecule has 0 aromatic heterocycles. The van der Waals surface area contributed by atoms with Crippen molar-refractivity contribution in [2.45, 2.75) is 64.1 Å². The molecule has 0 aliphatic carbocycles. The van der Waals surface area contributed by atoms with Crippen LogP contribution < -0.4 is 0 Å². The zero-order valence-electron chi connectivity index (χ0n) is 11.8. The second-order valence-electron chi connectivity index (χ2n) is 5.21. The molecule has 3 nitrogen and oxygen atoms in total. The first-order chi connectivity index (χ1) is 9.13. The van der Waals surface area contributed by atoms with Crippen molar-refractivity contribution in [2.24, 2.45) is 0 Å². The van der Waals surface area contributed by atoms with E-state index in [4.69, 9.17) is 0 Å². The van der Waals surface area contributed by atoms with E-state index in [1.165, 1.54) is 19.3 Å². The molecule has 0 spiro atoms. The molecule has 2 unspecified atom stereocenters. The Bertz CT molecular complexity index is 334. The summed E-state index contributed by atoms with van der Waals surface area (Å²) >= 11 is 0. The van der Waals surface area contributed by atoms with Crippen LogP contribution in [-0.2, 0) is 6.42 Å². The van der Waals surface area contributed by atoms with Gasteiger partial charge in [0.2, 0.25) is 0 Å². The number of phenolic OH excluding ortho intramolecular Hbond substituents is 1. The molecule has 3 N–H and O–H groups in total. The summed E-state index contributed by atoms with van der Waals surface area (Å²) in [5, 5.41) is 29.0. The Kier molecular flexibility index (Phi) is 7.53. The third kappa shape index (κ3) is 6.60. The fourth-order valence-corrected chi connectivity index (χ4v) is 2.16. The summed E-state index contributed by atoms with van der Waals surface area (Å²) < 4.78 is 0. The molecular formula is C16H26O3. The van der Waals surface area contributed by atoms with Gasteiger partial charge in [-0.05, 0) is 24.1 Å². The summed E-state index contributed by atoms with van der Waals surface area (Å²) in [6.07, 6.45) is 5.45. The van der Waals surface area contributed by atoms with E-state index in [1.807, 2.05) is 0 Å². The number of unbranched alkanes of at least 4 members (excludes halogenated alkanes) is 4. The van der Waals surface area contributed by atoms with Gasteiger partial charge >= 0.3 is 0 Å². The average molecular weight is 266 g/mol. The Morgan fingerprint density at radius 3 is 2.16 bits per heavy atom. The number of aromatic hydroxyl groups is 1. The fraction of sp³-hybridized carbons (Fsp3) is 0.625. The van der Waals surface area contributed by atoms with E-state index in [-0.39, 0.29) is 5.75 Å². The molecular weight excluding hydrogens is 240 g/mol. The molecule has 1 aromatic rings. The van der Waals surface area contributed by atoms with Gasteiger partial charge in [-0.15, -0.1) is 0 Å². The molecule has 0 saturated carbocycles. The van der Waals surface area contributed by atoms with Gasteiger partial charge < -0.3 is 15.3 Å². The Hall–Kier alpha value is -1.06. The maximum absolute atomic E-state index is 9.93. The van der Waals surface area contributed by atoms with Crippen LogP contribution in [0.4, 0.5) is 0 Å². The van der Waals surface area contributed by atoms with Gasteiger partial charge in [-0.2, -0.15) is 0 Å².